The van der Waals surface area contributed by atoms with E-state index >= 15 is 0 Å². The van der Waals surface area contributed by atoms with Crippen LogP contribution < -0.4 is 4.90 Å². The second-order valence-corrected chi connectivity index (χ2v) is 16.7. The van der Waals surface area contributed by atoms with Crippen LogP contribution in [0.3, 0.4) is 0 Å². The molecule has 0 N–H and O–H groups in total. The van der Waals surface area contributed by atoms with E-state index in [2.05, 4.69) is 241 Å². The van der Waals surface area contributed by atoms with Gasteiger partial charge in [-0.2, -0.15) is 0 Å². The summed E-state index contributed by atoms with van der Waals surface area (Å²) in [5.41, 5.74) is 18.0. The van der Waals surface area contributed by atoms with Gasteiger partial charge < -0.3 is 13.7 Å². The van der Waals surface area contributed by atoms with Gasteiger partial charge in [0.15, 0.2) is 0 Å². The summed E-state index contributed by atoms with van der Waals surface area (Å²) in [7, 11) is 0. The first-order valence-electron chi connectivity index (χ1n) is 21.9. The summed E-state index contributed by atoms with van der Waals surface area (Å²) < 4.78 is 13.6. The van der Waals surface area contributed by atoms with Crippen LogP contribution in [0.25, 0.3) is 77.3 Å². The molecule has 0 aliphatic heterocycles. The normalized spacial score (nSPS) is 12.8. The molecule has 1 aliphatic rings. The van der Waals surface area contributed by atoms with Crippen LogP contribution in [0.15, 0.2) is 245 Å². The zero-order chi connectivity index (χ0) is 42.2. The van der Waals surface area contributed by atoms with Crippen LogP contribution >= 0.6 is 0 Å². The fraction of sp³-hybridized carbons (Fsp3) is 0.0164. The van der Waals surface area contributed by atoms with Gasteiger partial charge >= 0.3 is 0 Å². The smallest absolute Gasteiger partial charge is 0.137 e. The molecular weight excluding hydrogens is 779 g/mol. The topological polar surface area (TPSA) is 29.5 Å². The predicted octanol–water partition coefficient (Wildman–Crippen LogP) is 16.7. The Hall–Kier alpha value is -8.40. The highest BCUT2D eigenvalue weighted by Crippen LogP contribution is 2.57. The lowest BCUT2D eigenvalue weighted by Crippen LogP contribution is -2.28. The zero-order valence-electron chi connectivity index (χ0n) is 34.8. The number of benzene rings is 10. The van der Waals surface area contributed by atoms with E-state index in [0.717, 1.165) is 77.6 Å². The second kappa shape index (κ2) is 14.3. The van der Waals surface area contributed by atoms with Crippen molar-refractivity contribution < 1.29 is 8.83 Å². The number of anilines is 3. The number of hydrogen-bond acceptors (Lipinski definition) is 3. The number of nitrogens with zero attached hydrogens (tertiary/aromatic N) is 1. The molecule has 0 atom stereocenters. The lowest BCUT2D eigenvalue weighted by Gasteiger charge is -2.35. The van der Waals surface area contributed by atoms with E-state index in [9.17, 15) is 0 Å². The van der Waals surface area contributed by atoms with Crippen molar-refractivity contribution in [1.29, 1.82) is 0 Å². The number of rotatable bonds is 7. The van der Waals surface area contributed by atoms with E-state index in [1.54, 1.807) is 0 Å². The van der Waals surface area contributed by atoms with E-state index in [1.807, 2.05) is 0 Å². The number of furan rings is 2. The lowest BCUT2D eigenvalue weighted by molar-refractivity contribution is 0.664. The highest BCUT2D eigenvalue weighted by Gasteiger charge is 2.46. The zero-order valence-corrected chi connectivity index (χ0v) is 34.8. The molecule has 2 aromatic heterocycles. The van der Waals surface area contributed by atoms with E-state index < -0.39 is 5.41 Å². The van der Waals surface area contributed by atoms with Crippen LogP contribution in [0.2, 0.25) is 0 Å². The van der Waals surface area contributed by atoms with Gasteiger partial charge in [0.2, 0.25) is 0 Å². The number of hydrogen-bond donors (Lipinski definition) is 0. The van der Waals surface area contributed by atoms with E-state index in [4.69, 9.17) is 8.83 Å². The van der Waals surface area contributed by atoms with Crippen molar-refractivity contribution in [3.63, 3.8) is 0 Å². The Balaban J connectivity index is 1.07. The van der Waals surface area contributed by atoms with Crippen LogP contribution in [0.5, 0.6) is 0 Å². The Kier molecular flexibility index (Phi) is 8.13. The highest BCUT2D eigenvalue weighted by atomic mass is 16.3. The van der Waals surface area contributed by atoms with Crippen LogP contribution in [0.4, 0.5) is 17.1 Å². The maximum atomic E-state index is 6.86. The minimum atomic E-state index is -0.548. The Bertz CT molecular complexity index is 3660. The average molecular weight is 818 g/mol. The van der Waals surface area contributed by atoms with Crippen LogP contribution in [-0.2, 0) is 5.41 Å². The predicted molar refractivity (Wildman–Crippen MR) is 264 cm³/mol. The minimum Gasteiger partial charge on any atom is -0.456 e. The van der Waals surface area contributed by atoms with Gasteiger partial charge in [-0.05, 0) is 110 Å². The van der Waals surface area contributed by atoms with Gasteiger partial charge in [0.05, 0.1) is 16.5 Å². The molecule has 300 valence electrons. The van der Waals surface area contributed by atoms with Crippen LogP contribution in [0, 0.1) is 0 Å². The molecule has 64 heavy (non-hydrogen) atoms. The fourth-order valence-corrected chi connectivity index (χ4v) is 10.6. The van der Waals surface area contributed by atoms with Crippen molar-refractivity contribution in [3.05, 3.63) is 259 Å². The van der Waals surface area contributed by atoms with Crippen molar-refractivity contribution in [2.24, 2.45) is 0 Å². The molecule has 0 amide bonds. The molecule has 13 rings (SSSR count). The molecule has 0 bridgehead atoms. The van der Waals surface area contributed by atoms with Crippen molar-refractivity contribution in [1.82, 2.24) is 0 Å². The van der Waals surface area contributed by atoms with Crippen molar-refractivity contribution in [2.75, 3.05) is 4.90 Å². The standard InChI is InChI=1S/C61H39NO2/c1-5-17-40(18-6-1)41-31-33-45(34-32-41)62(46-35-36-49-48-25-13-14-27-52(48)61(53(49)37-46,43-21-9-3-10-22-43)44-23-11-4-12-24-44)54-28-16-30-56-60(54)51-39-57-50(38-58(51)64-56)59-47(26-15-29-55(59)63-57)42-19-7-2-8-20-42/h1-39H. The van der Waals surface area contributed by atoms with Crippen LogP contribution in [0.1, 0.15) is 22.3 Å². The van der Waals surface area contributed by atoms with Crippen molar-refractivity contribution in [2.45, 2.75) is 5.41 Å². The lowest BCUT2D eigenvalue weighted by atomic mass is 9.67. The molecule has 0 spiro atoms. The van der Waals surface area contributed by atoms with Gasteiger partial charge in [-0.25, -0.2) is 0 Å². The Morgan fingerprint density at radius 3 is 1.48 bits per heavy atom. The first-order valence-corrected chi connectivity index (χ1v) is 21.9. The van der Waals surface area contributed by atoms with E-state index in [1.165, 1.54) is 38.9 Å². The largest absolute Gasteiger partial charge is 0.456 e. The summed E-state index contributed by atoms with van der Waals surface area (Å²) in [6.45, 7) is 0. The Labute approximate surface area is 370 Å². The molecule has 0 unspecified atom stereocenters. The van der Waals surface area contributed by atoms with Crippen molar-refractivity contribution in [3.8, 4) is 33.4 Å². The molecule has 0 fully saturated rings. The first-order chi connectivity index (χ1) is 31.7. The van der Waals surface area contributed by atoms with Crippen LogP contribution in [-0.4, -0.2) is 0 Å². The van der Waals surface area contributed by atoms with Gasteiger partial charge in [0.1, 0.15) is 22.3 Å². The summed E-state index contributed by atoms with van der Waals surface area (Å²) in [6, 6.07) is 85.1. The molecule has 1 aliphatic carbocycles. The molecule has 3 nitrogen and oxygen atoms in total. The fourth-order valence-electron chi connectivity index (χ4n) is 10.6. The third-order valence-corrected chi connectivity index (χ3v) is 13.3. The van der Waals surface area contributed by atoms with Gasteiger partial charge in [0, 0.05) is 27.5 Å². The van der Waals surface area contributed by atoms with Gasteiger partial charge in [0.25, 0.3) is 0 Å². The summed E-state index contributed by atoms with van der Waals surface area (Å²) >= 11 is 0. The quantitative estimate of drug-likeness (QED) is 0.160. The van der Waals surface area contributed by atoms with E-state index in [0.29, 0.717) is 0 Å². The van der Waals surface area contributed by atoms with E-state index in [-0.39, 0.29) is 0 Å². The molecular formula is C61H39NO2. The molecule has 0 radical (unpaired) electrons. The third-order valence-electron chi connectivity index (χ3n) is 13.3. The highest BCUT2D eigenvalue weighted by molar-refractivity contribution is 6.20. The van der Waals surface area contributed by atoms with Gasteiger partial charge in [-0.3, -0.25) is 0 Å². The maximum absolute atomic E-state index is 6.86. The molecule has 2 heterocycles. The summed E-state index contributed by atoms with van der Waals surface area (Å²) in [5, 5.41) is 4.15. The summed E-state index contributed by atoms with van der Waals surface area (Å²) in [4.78, 5) is 2.41. The third kappa shape index (κ3) is 5.41. The molecule has 10 aromatic carbocycles. The maximum Gasteiger partial charge on any atom is 0.137 e. The second-order valence-electron chi connectivity index (χ2n) is 16.7. The van der Waals surface area contributed by atoms with Crippen molar-refractivity contribution >= 4 is 60.9 Å². The molecule has 12 aromatic rings. The average Bonchev–Trinajstić information content (AvgIpc) is 4.02. The van der Waals surface area contributed by atoms with Gasteiger partial charge in [-0.15, -0.1) is 0 Å². The monoisotopic (exact) mass is 817 g/mol. The minimum absolute atomic E-state index is 0.548. The number of fused-ring (bicyclic) bond motifs is 9. The first kappa shape index (κ1) is 36.3. The Morgan fingerprint density at radius 1 is 0.312 bits per heavy atom. The molecule has 0 saturated heterocycles. The van der Waals surface area contributed by atoms with Gasteiger partial charge in [-0.1, -0.05) is 182 Å². The summed E-state index contributed by atoms with van der Waals surface area (Å²) in [6.07, 6.45) is 0. The molecule has 0 saturated carbocycles. The SMILES string of the molecule is c1ccc(-c2ccc(N(c3ccc4c(c3)C(c3ccccc3)(c3ccccc3)c3ccccc3-4)c3cccc4oc5cc6c(cc5c34)oc3cccc(-c4ccccc4)c36)cc2)cc1. The molecule has 3 heteroatoms. The summed E-state index contributed by atoms with van der Waals surface area (Å²) in [5.74, 6) is 0. The Morgan fingerprint density at radius 2 is 0.812 bits per heavy atom.